The van der Waals surface area contributed by atoms with Crippen molar-refractivity contribution in [3.8, 4) is 0 Å². The minimum Gasteiger partial charge on any atom is -0.376 e. The maximum atomic E-state index is 5.93. The number of nitrogens with zero attached hydrogens (tertiary/aromatic N) is 2. The molecular formula is C13H21N3O. The maximum Gasteiger partial charge on any atom is 0.0675 e. The van der Waals surface area contributed by atoms with Crippen LogP contribution in [0.3, 0.4) is 0 Å². The SMILES string of the molecule is CC1CN(C(CN)c2cccnc2)C(C)CO1. The molecule has 0 aromatic carbocycles. The summed E-state index contributed by atoms with van der Waals surface area (Å²) < 4.78 is 5.65. The van der Waals surface area contributed by atoms with Crippen LogP contribution in [0, 0.1) is 0 Å². The molecule has 3 unspecified atom stereocenters. The van der Waals surface area contributed by atoms with Gasteiger partial charge < -0.3 is 10.5 Å². The number of morpholine rings is 1. The Balaban J connectivity index is 2.17. The minimum absolute atomic E-state index is 0.241. The third-order valence-corrected chi connectivity index (χ3v) is 3.35. The first-order chi connectivity index (χ1) is 8.22. The molecule has 0 bridgehead atoms. The number of pyridine rings is 1. The third-order valence-electron chi connectivity index (χ3n) is 3.35. The van der Waals surface area contributed by atoms with E-state index < -0.39 is 0 Å². The normalized spacial score (nSPS) is 27.9. The van der Waals surface area contributed by atoms with E-state index in [1.165, 1.54) is 5.56 Å². The number of nitrogens with two attached hydrogens (primary N) is 1. The Morgan fingerprint density at radius 3 is 3.06 bits per heavy atom. The molecule has 0 spiro atoms. The van der Waals surface area contributed by atoms with Crippen molar-refractivity contribution in [2.75, 3.05) is 19.7 Å². The Labute approximate surface area is 103 Å². The van der Waals surface area contributed by atoms with Crippen molar-refractivity contribution in [1.82, 2.24) is 9.88 Å². The molecule has 1 fully saturated rings. The number of hydrogen-bond donors (Lipinski definition) is 1. The van der Waals surface area contributed by atoms with Crippen molar-refractivity contribution in [2.45, 2.75) is 32.0 Å². The molecule has 2 heterocycles. The Kier molecular flexibility index (Phi) is 4.10. The number of rotatable bonds is 3. The molecule has 2 rings (SSSR count). The summed E-state index contributed by atoms with van der Waals surface area (Å²) >= 11 is 0. The predicted molar refractivity (Wildman–Crippen MR) is 67.6 cm³/mol. The molecule has 0 amide bonds. The Bertz CT molecular complexity index is 344. The van der Waals surface area contributed by atoms with E-state index in [1.807, 2.05) is 12.3 Å². The van der Waals surface area contributed by atoms with E-state index in [-0.39, 0.29) is 12.1 Å². The highest BCUT2D eigenvalue weighted by Crippen LogP contribution is 2.24. The summed E-state index contributed by atoms with van der Waals surface area (Å²) in [4.78, 5) is 6.60. The zero-order valence-corrected chi connectivity index (χ0v) is 10.5. The van der Waals surface area contributed by atoms with Crippen LogP contribution in [0.15, 0.2) is 24.5 Å². The van der Waals surface area contributed by atoms with Crippen molar-refractivity contribution < 1.29 is 4.74 Å². The van der Waals surface area contributed by atoms with Gasteiger partial charge in [0.2, 0.25) is 0 Å². The van der Waals surface area contributed by atoms with Gasteiger partial charge in [0.25, 0.3) is 0 Å². The van der Waals surface area contributed by atoms with Gasteiger partial charge >= 0.3 is 0 Å². The van der Waals surface area contributed by atoms with Gasteiger partial charge in [-0.05, 0) is 25.5 Å². The molecule has 1 aromatic rings. The summed E-state index contributed by atoms with van der Waals surface area (Å²) in [5.41, 5.74) is 7.12. The molecular weight excluding hydrogens is 214 g/mol. The van der Waals surface area contributed by atoms with Crippen LogP contribution in [0.2, 0.25) is 0 Å². The minimum atomic E-state index is 0.241. The molecule has 1 aliphatic rings. The van der Waals surface area contributed by atoms with Gasteiger partial charge in [-0.3, -0.25) is 9.88 Å². The van der Waals surface area contributed by atoms with Gasteiger partial charge in [-0.2, -0.15) is 0 Å². The fourth-order valence-electron chi connectivity index (χ4n) is 2.40. The van der Waals surface area contributed by atoms with Crippen molar-refractivity contribution in [1.29, 1.82) is 0 Å². The van der Waals surface area contributed by atoms with E-state index in [0.717, 1.165) is 13.2 Å². The van der Waals surface area contributed by atoms with E-state index >= 15 is 0 Å². The van der Waals surface area contributed by atoms with Crippen LogP contribution in [-0.4, -0.2) is 41.7 Å². The first-order valence-corrected chi connectivity index (χ1v) is 6.19. The largest absolute Gasteiger partial charge is 0.376 e. The lowest BCUT2D eigenvalue weighted by molar-refractivity contribution is -0.0654. The molecule has 0 radical (unpaired) electrons. The molecule has 1 saturated heterocycles. The Hall–Kier alpha value is -0.970. The topological polar surface area (TPSA) is 51.4 Å². The zero-order chi connectivity index (χ0) is 12.3. The third kappa shape index (κ3) is 2.83. The van der Waals surface area contributed by atoms with Crippen LogP contribution in [0.25, 0.3) is 0 Å². The summed E-state index contributed by atoms with van der Waals surface area (Å²) in [7, 11) is 0. The van der Waals surface area contributed by atoms with Gasteiger partial charge in [0.15, 0.2) is 0 Å². The Morgan fingerprint density at radius 2 is 2.41 bits per heavy atom. The van der Waals surface area contributed by atoms with Gasteiger partial charge in [-0.15, -0.1) is 0 Å². The van der Waals surface area contributed by atoms with E-state index in [2.05, 4.69) is 29.8 Å². The highest BCUT2D eigenvalue weighted by atomic mass is 16.5. The van der Waals surface area contributed by atoms with Gasteiger partial charge in [0.1, 0.15) is 0 Å². The predicted octanol–water partition coefficient (Wildman–Crippen LogP) is 1.19. The zero-order valence-electron chi connectivity index (χ0n) is 10.5. The van der Waals surface area contributed by atoms with E-state index in [9.17, 15) is 0 Å². The number of hydrogen-bond acceptors (Lipinski definition) is 4. The molecule has 17 heavy (non-hydrogen) atoms. The molecule has 94 valence electrons. The summed E-state index contributed by atoms with van der Waals surface area (Å²) in [6.07, 6.45) is 3.98. The summed E-state index contributed by atoms with van der Waals surface area (Å²) in [5.74, 6) is 0. The average molecular weight is 235 g/mol. The lowest BCUT2D eigenvalue weighted by Gasteiger charge is -2.41. The van der Waals surface area contributed by atoms with Crippen LogP contribution in [0.4, 0.5) is 0 Å². The first-order valence-electron chi connectivity index (χ1n) is 6.19. The van der Waals surface area contributed by atoms with Crippen molar-refractivity contribution in [2.24, 2.45) is 5.73 Å². The number of ether oxygens (including phenoxy) is 1. The van der Waals surface area contributed by atoms with E-state index in [0.29, 0.717) is 12.6 Å². The quantitative estimate of drug-likeness (QED) is 0.855. The van der Waals surface area contributed by atoms with Gasteiger partial charge in [0, 0.05) is 37.6 Å². The monoisotopic (exact) mass is 235 g/mol. The van der Waals surface area contributed by atoms with Crippen LogP contribution in [-0.2, 0) is 4.74 Å². The van der Waals surface area contributed by atoms with Gasteiger partial charge in [-0.1, -0.05) is 6.07 Å². The second kappa shape index (κ2) is 5.58. The second-order valence-electron chi connectivity index (χ2n) is 4.73. The van der Waals surface area contributed by atoms with Gasteiger partial charge in [-0.25, -0.2) is 0 Å². The first kappa shape index (κ1) is 12.5. The molecule has 1 aromatic heterocycles. The van der Waals surface area contributed by atoms with Crippen LogP contribution < -0.4 is 5.73 Å². The summed E-state index contributed by atoms with van der Waals surface area (Å²) in [6.45, 7) is 6.61. The van der Waals surface area contributed by atoms with Crippen molar-refractivity contribution in [3.63, 3.8) is 0 Å². The fourth-order valence-corrected chi connectivity index (χ4v) is 2.40. The maximum absolute atomic E-state index is 5.93. The fraction of sp³-hybridized carbons (Fsp3) is 0.615. The van der Waals surface area contributed by atoms with Crippen LogP contribution in [0.5, 0.6) is 0 Å². The highest BCUT2D eigenvalue weighted by molar-refractivity contribution is 5.15. The standard InChI is InChI=1S/C13H21N3O/c1-10-9-17-11(2)8-16(10)13(6-14)12-4-3-5-15-7-12/h3-5,7,10-11,13H,6,8-9,14H2,1-2H3. The van der Waals surface area contributed by atoms with E-state index in [4.69, 9.17) is 10.5 Å². The average Bonchev–Trinajstić information content (AvgIpc) is 2.36. The van der Waals surface area contributed by atoms with Crippen LogP contribution >= 0.6 is 0 Å². The summed E-state index contributed by atoms with van der Waals surface area (Å²) in [5, 5.41) is 0. The lowest BCUT2D eigenvalue weighted by atomic mass is 10.0. The van der Waals surface area contributed by atoms with Crippen LogP contribution in [0.1, 0.15) is 25.5 Å². The van der Waals surface area contributed by atoms with E-state index in [1.54, 1.807) is 6.20 Å². The molecule has 0 saturated carbocycles. The molecule has 4 heteroatoms. The lowest BCUT2D eigenvalue weighted by Crippen LogP contribution is -2.50. The van der Waals surface area contributed by atoms with Crippen molar-refractivity contribution in [3.05, 3.63) is 30.1 Å². The molecule has 3 atom stereocenters. The van der Waals surface area contributed by atoms with Crippen molar-refractivity contribution >= 4 is 0 Å². The second-order valence-corrected chi connectivity index (χ2v) is 4.73. The Morgan fingerprint density at radius 1 is 1.59 bits per heavy atom. The molecule has 4 nitrogen and oxygen atoms in total. The molecule has 0 aliphatic carbocycles. The number of aromatic nitrogens is 1. The molecule has 1 aliphatic heterocycles. The van der Waals surface area contributed by atoms with Gasteiger partial charge in [0.05, 0.1) is 12.7 Å². The summed E-state index contributed by atoms with van der Waals surface area (Å²) in [6, 6.07) is 4.70. The molecule has 2 N–H and O–H groups in total. The smallest absolute Gasteiger partial charge is 0.0675 e. The highest BCUT2D eigenvalue weighted by Gasteiger charge is 2.29.